The molecule has 0 radical (unpaired) electrons. The SMILES string of the molecule is CC(O)(CCc1ccc(F)cc1)[C@H]1CC[C@H]2[C@@H]3CC[C@H]4C[C@@H](O)CC[C@]4(C)[C@H]3CC[C@]12C. The Balaban J connectivity index is 1.31. The van der Waals surface area contributed by atoms with Crippen LogP contribution in [0.2, 0.25) is 0 Å². The first-order valence-electron chi connectivity index (χ1n) is 13.3. The van der Waals surface area contributed by atoms with Crippen molar-refractivity contribution in [3.8, 4) is 0 Å². The lowest BCUT2D eigenvalue weighted by atomic mass is 9.44. The van der Waals surface area contributed by atoms with Gasteiger partial charge in [-0.3, -0.25) is 0 Å². The second-order valence-corrected chi connectivity index (χ2v) is 12.7. The summed E-state index contributed by atoms with van der Waals surface area (Å²) in [5.41, 5.74) is 1.07. The molecule has 4 fully saturated rings. The van der Waals surface area contributed by atoms with Crippen molar-refractivity contribution in [2.45, 2.75) is 103 Å². The molecule has 1 aromatic carbocycles. The molecule has 32 heavy (non-hydrogen) atoms. The van der Waals surface area contributed by atoms with E-state index in [1.54, 1.807) is 0 Å². The Morgan fingerprint density at radius 1 is 0.938 bits per heavy atom. The van der Waals surface area contributed by atoms with Crippen molar-refractivity contribution in [3.63, 3.8) is 0 Å². The molecule has 3 heteroatoms. The van der Waals surface area contributed by atoms with Crippen LogP contribution in [0.3, 0.4) is 0 Å². The Morgan fingerprint density at radius 3 is 2.38 bits per heavy atom. The van der Waals surface area contributed by atoms with Gasteiger partial charge in [0, 0.05) is 0 Å². The van der Waals surface area contributed by atoms with Crippen LogP contribution in [0, 0.1) is 46.2 Å². The van der Waals surface area contributed by atoms with Gasteiger partial charge >= 0.3 is 0 Å². The van der Waals surface area contributed by atoms with Gasteiger partial charge < -0.3 is 10.2 Å². The second kappa shape index (κ2) is 8.08. The zero-order chi connectivity index (χ0) is 22.7. The lowest BCUT2D eigenvalue weighted by Gasteiger charge is -2.61. The van der Waals surface area contributed by atoms with E-state index in [0.29, 0.717) is 17.3 Å². The highest BCUT2D eigenvalue weighted by molar-refractivity contribution is 5.17. The molecule has 1 aromatic rings. The van der Waals surface area contributed by atoms with Crippen LogP contribution in [-0.4, -0.2) is 21.9 Å². The van der Waals surface area contributed by atoms with Crippen LogP contribution in [0.1, 0.15) is 90.5 Å². The van der Waals surface area contributed by atoms with E-state index in [2.05, 4.69) is 20.8 Å². The Hall–Kier alpha value is -0.930. The summed E-state index contributed by atoms with van der Waals surface area (Å²) in [6.45, 7) is 7.12. The van der Waals surface area contributed by atoms with E-state index in [0.717, 1.165) is 55.4 Å². The average Bonchev–Trinajstić information content (AvgIpc) is 3.12. The van der Waals surface area contributed by atoms with E-state index >= 15 is 0 Å². The molecular weight excluding hydrogens is 399 g/mol. The van der Waals surface area contributed by atoms with Crippen LogP contribution >= 0.6 is 0 Å². The highest BCUT2D eigenvalue weighted by Crippen LogP contribution is 2.68. The summed E-state index contributed by atoms with van der Waals surface area (Å²) in [5, 5.41) is 22.0. The van der Waals surface area contributed by atoms with Gasteiger partial charge in [-0.1, -0.05) is 26.0 Å². The molecule has 2 nitrogen and oxygen atoms in total. The van der Waals surface area contributed by atoms with Crippen LogP contribution in [0.15, 0.2) is 24.3 Å². The molecule has 0 saturated heterocycles. The van der Waals surface area contributed by atoms with Gasteiger partial charge in [-0.2, -0.15) is 0 Å². The number of aryl methyl sites for hydroxylation is 1. The first kappa shape index (κ1) is 22.8. The number of fused-ring (bicyclic) bond motifs is 5. The maximum absolute atomic E-state index is 13.3. The van der Waals surface area contributed by atoms with Gasteiger partial charge in [-0.15, -0.1) is 0 Å². The maximum atomic E-state index is 13.3. The first-order valence-corrected chi connectivity index (χ1v) is 13.3. The molecule has 5 rings (SSSR count). The minimum Gasteiger partial charge on any atom is -0.393 e. The minimum atomic E-state index is -0.680. The van der Waals surface area contributed by atoms with Crippen molar-refractivity contribution in [2.75, 3.05) is 0 Å². The number of hydrogen-bond acceptors (Lipinski definition) is 2. The van der Waals surface area contributed by atoms with Crippen molar-refractivity contribution in [3.05, 3.63) is 35.6 Å². The van der Waals surface area contributed by atoms with Crippen LogP contribution in [-0.2, 0) is 6.42 Å². The molecule has 2 N–H and O–H groups in total. The molecule has 0 spiro atoms. The molecule has 0 aromatic heterocycles. The van der Waals surface area contributed by atoms with Crippen LogP contribution in [0.5, 0.6) is 0 Å². The van der Waals surface area contributed by atoms with E-state index in [4.69, 9.17) is 0 Å². The quantitative estimate of drug-likeness (QED) is 0.556. The second-order valence-electron chi connectivity index (χ2n) is 12.7. The summed E-state index contributed by atoms with van der Waals surface area (Å²) in [5.74, 6) is 3.18. The van der Waals surface area contributed by atoms with Gasteiger partial charge in [0.2, 0.25) is 0 Å². The van der Waals surface area contributed by atoms with Crippen LogP contribution < -0.4 is 0 Å². The summed E-state index contributed by atoms with van der Waals surface area (Å²) in [7, 11) is 0. The molecule has 178 valence electrons. The molecule has 4 aliphatic carbocycles. The number of halogens is 1. The van der Waals surface area contributed by atoms with Crippen molar-refractivity contribution in [2.24, 2.45) is 40.4 Å². The third kappa shape index (κ3) is 3.66. The highest BCUT2D eigenvalue weighted by atomic mass is 19.1. The van der Waals surface area contributed by atoms with Gasteiger partial charge in [0.25, 0.3) is 0 Å². The maximum Gasteiger partial charge on any atom is 0.123 e. The van der Waals surface area contributed by atoms with E-state index in [9.17, 15) is 14.6 Å². The first-order chi connectivity index (χ1) is 15.1. The fourth-order valence-corrected chi connectivity index (χ4v) is 9.48. The van der Waals surface area contributed by atoms with Crippen molar-refractivity contribution < 1.29 is 14.6 Å². The van der Waals surface area contributed by atoms with Gasteiger partial charge in [-0.05, 0) is 136 Å². The molecular formula is C29H43FO2. The standard InChI is InChI=1S/C29H43FO2/c1-27-15-13-22(31)18-20(27)6-9-23-24-10-11-26(28(24,2)16-14-25(23)27)29(3,32)17-12-19-4-7-21(30)8-5-19/h4-5,7-8,20,22-26,31-32H,6,9-18H2,1-3H3/t20-,22-,23-,24-,25-,26-,27-,28-,29?/m0/s1. The number of rotatable bonds is 4. The third-order valence-electron chi connectivity index (χ3n) is 11.2. The Kier molecular flexibility index (Phi) is 5.77. The van der Waals surface area contributed by atoms with E-state index in [1.165, 1.54) is 50.7 Å². The van der Waals surface area contributed by atoms with Gasteiger partial charge in [0.1, 0.15) is 5.82 Å². The summed E-state index contributed by atoms with van der Waals surface area (Å²) >= 11 is 0. The molecule has 4 aliphatic rings. The number of benzene rings is 1. The number of aliphatic hydroxyl groups excluding tert-OH is 1. The average molecular weight is 443 g/mol. The fourth-order valence-electron chi connectivity index (χ4n) is 9.48. The summed E-state index contributed by atoms with van der Waals surface area (Å²) in [4.78, 5) is 0. The predicted molar refractivity (Wildman–Crippen MR) is 127 cm³/mol. The molecule has 9 atom stereocenters. The Bertz CT molecular complexity index is 819. The van der Waals surface area contributed by atoms with E-state index in [1.807, 2.05) is 12.1 Å². The zero-order valence-electron chi connectivity index (χ0n) is 20.3. The van der Waals surface area contributed by atoms with Crippen LogP contribution in [0.25, 0.3) is 0 Å². The normalized spacial score (nSPS) is 45.4. The van der Waals surface area contributed by atoms with Crippen molar-refractivity contribution in [1.29, 1.82) is 0 Å². The fraction of sp³-hybridized carbons (Fsp3) is 0.793. The van der Waals surface area contributed by atoms with Crippen molar-refractivity contribution >= 4 is 0 Å². The van der Waals surface area contributed by atoms with Gasteiger partial charge in [0.15, 0.2) is 0 Å². The highest BCUT2D eigenvalue weighted by Gasteiger charge is 2.62. The molecule has 0 amide bonds. The van der Waals surface area contributed by atoms with Crippen LogP contribution in [0.4, 0.5) is 4.39 Å². The van der Waals surface area contributed by atoms with E-state index < -0.39 is 5.60 Å². The topological polar surface area (TPSA) is 40.5 Å². The van der Waals surface area contributed by atoms with Gasteiger partial charge in [0.05, 0.1) is 11.7 Å². The number of aliphatic hydroxyl groups is 2. The summed E-state index contributed by atoms with van der Waals surface area (Å²) in [6, 6.07) is 6.77. The predicted octanol–water partition coefficient (Wildman–Crippen LogP) is 6.53. The summed E-state index contributed by atoms with van der Waals surface area (Å²) < 4.78 is 13.3. The summed E-state index contributed by atoms with van der Waals surface area (Å²) in [6.07, 6.45) is 12.2. The molecule has 1 unspecified atom stereocenters. The van der Waals surface area contributed by atoms with E-state index in [-0.39, 0.29) is 17.3 Å². The minimum absolute atomic E-state index is 0.0782. The lowest BCUT2D eigenvalue weighted by molar-refractivity contribution is -0.144. The Morgan fingerprint density at radius 2 is 1.62 bits per heavy atom. The molecule has 4 saturated carbocycles. The molecule has 0 aliphatic heterocycles. The number of hydrogen-bond donors (Lipinski definition) is 2. The van der Waals surface area contributed by atoms with Crippen molar-refractivity contribution in [1.82, 2.24) is 0 Å². The monoisotopic (exact) mass is 442 g/mol. The lowest BCUT2D eigenvalue weighted by Crippen LogP contribution is -2.55. The zero-order valence-corrected chi connectivity index (χ0v) is 20.3. The molecule has 0 bridgehead atoms. The smallest absolute Gasteiger partial charge is 0.123 e. The Labute approximate surface area is 194 Å². The largest absolute Gasteiger partial charge is 0.393 e. The molecule has 0 heterocycles. The third-order valence-corrected chi connectivity index (χ3v) is 11.2. The van der Waals surface area contributed by atoms with Gasteiger partial charge in [-0.25, -0.2) is 4.39 Å².